The Morgan fingerprint density at radius 2 is 2.07 bits per heavy atom. The van der Waals surface area contributed by atoms with Crippen LogP contribution in [-0.4, -0.2) is 44.7 Å². The predicted molar refractivity (Wildman–Crippen MR) is 99.1 cm³/mol. The molecule has 0 unspecified atom stereocenters. The second-order valence-electron chi connectivity index (χ2n) is 6.84. The first kappa shape index (κ1) is 16.7. The zero-order chi connectivity index (χ0) is 19.1. The predicted octanol–water partition coefficient (Wildman–Crippen LogP) is 1.89. The number of aryl methyl sites for hydroxylation is 1. The van der Waals surface area contributed by atoms with Gasteiger partial charge < -0.3 is 10.1 Å². The van der Waals surface area contributed by atoms with Crippen LogP contribution in [0.2, 0.25) is 0 Å². The van der Waals surface area contributed by atoms with Gasteiger partial charge in [0, 0.05) is 18.4 Å². The molecule has 9 heteroatoms. The number of ether oxygens (including phenoxy) is 1. The summed E-state index contributed by atoms with van der Waals surface area (Å²) in [5.41, 5.74) is 2.49. The van der Waals surface area contributed by atoms with E-state index in [2.05, 4.69) is 15.4 Å². The average Bonchev–Trinajstić information content (AvgIpc) is 3.30. The summed E-state index contributed by atoms with van der Waals surface area (Å²) in [6.45, 7) is 0.769. The van der Waals surface area contributed by atoms with Crippen molar-refractivity contribution in [2.24, 2.45) is 0 Å². The van der Waals surface area contributed by atoms with Gasteiger partial charge >= 0.3 is 6.09 Å². The highest BCUT2D eigenvalue weighted by Crippen LogP contribution is 2.31. The number of fused-ring (bicyclic) bond motifs is 6. The van der Waals surface area contributed by atoms with Crippen LogP contribution in [0.25, 0.3) is 5.65 Å². The van der Waals surface area contributed by atoms with Gasteiger partial charge in [-0.3, -0.25) is 9.78 Å². The van der Waals surface area contributed by atoms with Crippen LogP contribution in [0.3, 0.4) is 0 Å². The largest absolute Gasteiger partial charge is 0.446 e. The summed E-state index contributed by atoms with van der Waals surface area (Å²) in [5, 5.41) is 7.10. The third-order valence-corrected chi connectivity index (χ3v) is 5.03. The van der Waals surface area contributed by atoms with E-state index in [0.29, 0.717) is 23.6 Å². The molecule has 1 atom stereocenters. The van der Waals surface area contributed by atoms with E-state index in [1.54, 1.807) is 12.3 Å². The number of hydrogen-bond acceptors (Lipinski definition) is 6. The number of hydrogen-bond donors (Lipinski definition) is 1. The molecule has 0 spiro atoms. The number of carbonyl (C=O) groups excluding carboxylic acids is 2. The number of rotatable bonds is 0. The average molecular weight is 378 g/mol. The van der Waals surface area contributed by atoms with Crippen molar-refractivity contribution in [3.63, 3.8) is 0 Å². The fourth-order valence-corrected chi connectivity index (χ4v) is 3.60. The Labute approximate surface area is 160 Å². The third-order valence-electron chi connectivity index (χ3n) is 5.03. The van der Waals surface area contributed by atoms with Gasteiger partial charge in [-0.2, -0.15) is 5.10 Å². The van der Waals surface area contributed by atoms with Crippen LogP contribution in [0.1, 0.15) is 40.6 Å². The standard InChI is InChI=1S/C19H18N6O3/c26-18-13-10-21-24-9-7-16(23-17(13)24)25-15(11-28-19(25)27)14-6-3-5-12(22-14)4-1-2-8-20-18/h3,5-7,9-10,15H,1-2,4,8,11H2,(H,20,26)/t15-/m1/s1. The van der Waals surface area contributed by atoms with Crippen molar-refractivity contribution in [1.29, 1.82) is 0 Å². The van der Waals surface area contributed by atoms with E-state index in [9.17, 15) is 9.59 Å². The molecule has 3 aromatic rings. The van der Waals surface area contributed by atoms with Gasteiger partial charge in [-0.05, 0) is 37.5 Å². The Bertz CT molecular complexity index is 1080. The van der Waals surface area contributed by atoms with Gasteiger partial charge in [-0.1, -0.05) is 6.07 Å². The van der Waals surface area contributed by atoms with Gasteiger partial charge in [-0.15, -0.1) is 0 Å². The van der Waals surface area contributed by atoms with Gasteiger partial charge in [-0.25, -0.2) is 19.2 Å². The van der Waals surface area contributed by atoms with E-state index in [0.717, 1.165) is 30.7 Å². The zero-order valence-corrected chi connectivity index (χ0v) is 15.0. The number of cyclic esters (lactones) is 1. The molecule has 2 aliphatic heterocycles. The number of aromatic nitrogens is 4. The second-order valence-corrected chi connectivity index (χ2v) is 6.84. The van der Waals surface area contributed by atoms with Crippen molar-refractivity contribution >= 4 is 23.5 Å². The summed E-state index contributed by atoms with van der Waals surface area (Å²) in [6, 6.07) is 7.14. The fourth-order valence-electron chi connectivity index (χ4n) is 3.60. The van der Waals surface area contributed by atoms with Gasteiger partial charge in [0.1, 0.15) is 24.0 Å². The molecule has 1 saturated heterocycles. The Morgan fingerprint density at radius 3 is 3.00 bits per heavy atom. The quantitative estimate of drug-likeness (QED) is 0.641. The SMILES string of the molecule is O=C1NCCCCc2cccc(n2)[C@H]2COC(=O)N2c2ccn3ncc1c3n2. The van der Waals surface area contributed by atoms with E-state index in [-0.39, 0.29) is 18.6 Å². The Morgan fingerprint density at radius 1 is 1.14 bits per heavy atom. The fraction of sp³-hybridized carbons (Fsp3) is 0.316. The first-order chi connectivity index (χ1) is 13.7. The van der Waals surface area contributed by atoms with E-state index < -0.39 is 6.09 Å². The van der Waals surface area contributed by atoms with Crippen molar-refractivity contribution in [2.75, 3.05) is 18.1 Å². The molecule has 142 valence electrons. The zero-order valence-electron chi connectivity index (χ0n) is 15.0. The molecule has 9 nitrogen and oxygen atoms in total. The van der Waals surface area contributed by atoms with Crippen LogP contribution >= 0.6 is 0 Å². The number of nitrogens with one attached hydrogen (secondary N) is 1. The Kier molecular flexibility index (Phi) is 3.92. The first-order valence-electron chi connectivity index (χ1n) is 9.25. The van der Waals surface area contributed by atoms with Gasteiger partial charge in [0.15, 0.2) is 5.65 Å². The van der Waals surface area contributed by atoms with E-state index in [4.69, 9.17) is 9.72 Å². The number of amides is 2. The van der Waals surface area contributed by atoms with Crippen LogP contribution < -0.4 is 10.2 Å². The lowest BCUT2D eigenvalue weighted by molar-refractivity contribution is 0.0954. The van der Waals surface area contributed by atoms with Crippen LogP contribution in [0, 0.1) is 0 Å². The van der Waals surface area contributed by atoms with E-state index in [1.165, 1.54) is 15.6 Å². The molecule has 2 aliphatic rings. The molecule has 3 aromatic heterocycles. The number of pyridine rings is 1. The molecule has 5 rings (SSSR count). The van der Waals surface area contributed by atoms with Crippen molar-refractivity contribution in [3.8, 4) is 0 Å². The molecule has 0 aromatic carbocycles. The van der Waals surface area contributed by atoms with Crippen LogP contribution in [-0.2, 0) is 11.2 Å². The summed E-state index contributed by atoms with van der Waals surface area (Å²) in [6.07, 6.45) is 5.23. The third kappa shape index (κ3) is 2.75. The molecule has 0 radical (unpaired) electrons. The smallest absolute Gasteiger partial charge is 0.416 e. The molecule has 0 aliphatic carbocycles. The number of anilines is 1. The normalized spacial score (nSPS) is 19.7. The minimum Gasteiger partial charge on any atom is -0.446 e. The molecule has 28 heavy (non-hydrogen) atoms. The molecule has 0 saturated carbocycles. The lowest BCUT2D eigenvalue weighted by Gasteiger charge is -2.20. The van der Waals surface area contributed by atoms with Gasteiger partial charge in [0.05, 0.1) is 11.9 Å². The minimum absolute atomic E-state index is 0.203. The van der Waals surface area contributed by atoms with E-state index in [1.807, 2.05) is 18.2 Å². The molecule has 1 N–H and O–H groups in total. The summed E-state index contributed by atoms with van der Waals surface area (Å²) in [7, 11) is 0. The summed E-state index contributed by atoms with van der Waals surface area (Å²) in [4.78, 5) is 35.8. The molecule has 4 bridgehead atoms. The highest BCUT2D eigenvalue weighted by molar-refractivity contribution is 6.00. The van der Waals surface area contributed by atoms with Gasteiger partial charge in [0.2, 0.25) is 0 Å². The molecular formula is C19H18N6O3. The summed E-state index contributed by atoms with van der Waals surface area (Å²) >= 11 is 0. The lowest BCUT2D eigenvalue weighted by Crippen LogP contribution is -2.29. The highest BCUT2D eigenvalue weighted by Gasteiger charge is 2.37. The first-order valence-corrected chi connectivity index (χ1v) is 9.25. The van der Waals surface area contributed by atoms with Gasteiger partial charge in [0.25, 0.3) is 5.91 Å². The molecular weight excluding hydrogens is 360 g/mol. The molecule has 5 heterocycles. The molecule has 1 fully saturated rings. The Balaban J connectivity index is 1.65. The summed E-state index contributed by atoms with van der Waals surface area (Å²) in [5.74, 6) is 0.172. The minimum atomic E-state index is -0.483. The second kappa shape index (κ2) is 6.59. The maximum Gasteiger partial charge on any atom is 0.416 e. The summed E-state index contributed by atoms with van der Waals surface area (Å²) < 4.78 is 6.82. The van der Waals surface area contributed by atoms with Crippen LogP contribution in [0.15, 0.2) is 36.7 Å². The number of nitrogens with zero attached hydrogens (tertiary/aromatic N) is 5. The molecule has 2 amide bonds. The highest BCUT2D eigenvalue weighted by atomic mass is 16.6. The van der Waals surface area contributed by atoms with E-state index >= 15 is 0 Å². The lowest BCUT2D eigenvalue weighted by atomic mass is 10.1. The van der Waals surface area contributed by atoms with Crippen molar-refractivity contribution in [1.82, 2.24) is 24.9 Å². The van der Waals surface area contributed by atoms with Crippen molar-refractivity contribution in [2.45, 2.75) is 25.3 Å². The number of carbonyl (C=O) groups is 2. The van der Waals surface area contributed by atoms with Crippen LogP contribution in [0.5, 0.6) is 0 Å². The maximum atomic E-state index is 12.6. The topological polar surface area (TPSA) is 102 Å². The van der Waals surface area contributed by atoms with Crippen molar-refractivity contribution < 1.29 is 14.3 Å². The van der Waals surface area contributed by atoms with Crippen LogP contribution in [0.4, 0.5) is 10.6 Å². The maximum absolute atomic E-state index is 12.6. The monoisotopic (exact) mass is 378 g/mol. The van der Waals surface area contributed by atoms with Crippen molar-refractivity contribution in [3.05, 3.63) is 53.6 Å². The Hall–Kier alpha value is -3.49.